The molecular weight excluding hydrogens is 331 g/mol. The van der Waals surface area contributed by atoms with Crippen LogP contribution in [0.25, 0.3) is 0 Å². The first-order chi connectivity index (χ1) is 11.1. The van der Waals surface area contributed by atoms with Crippen molar-refractivity contribution in [1.82, 2.24) is 9.97 Å². The molecule has 0 saturated heterocycles. The van der Waals surface area contributed by atoms with E-state index < -0.39 is 23.5 Å². The molecular formula is C15H15F5N4. The molecule has 0 radical (unpaired) electrons. The lowest BCUT2D eigenvalue weighted by molar-refractivity contribution is -0.141. The number of aromatic nitrogens is 2. The number of alkyl halides is 3. The Morgan fingerprint density at radius 1 is 1.04 bits per heavy atom. The van der Waals surface area contributed by atoms with Crippen molar-refractivity contribution in [3.05, 3.63) is 47.2 Å². The number of nitrogens with one attached hydrogen (secondary N) is 2. The van der Waals surface area contributed by atoms with Gasteiger partial charge in [0.05, 0.1) is 0 Å². The highest BCUT2D eigenvalue weighted by molar-refractivity contribution is 5.44. The van der Waals surface area contributed by atoms with E-state index in [1.54, 1.807) is 13.8 Å². The molecule has 130 valence electrons. The molecule has 0 aliphatic carbocycles. The van der Waals surface area contributed by atoms with E-state index in [0.29, 0.717) is 5.56 Å². The molecule has 0 atom stereocenters. The number of benzene rings is 1. The minimum absolute atomic E-state index is 0.0212. The van der Waals surface area contributed by atoms with Gasteiger partial charge >= 0.3 is 6.18 Å². The maximum Gasteiger partial charge on any atom is 0.433 e. The Labute approximate surface area is 135 Å². The number of nitrogens with zero attached hydrogens (tertiary/aromatic N) is 2. The van der Waals surface area contributed by atoms with Crippen molar-refractivity contribution >= 4 is 11.8 Å². The molecule has 4 nitrogen and oxygen atoms in total. The van der Waals surface area contributed by atoms with Gasteiger partial charge in [0.25, 0.3) is 0 Å². The summed E-state index contributed by atoms with van der Waals surface area (Å²) in [5.41, 5.74) is -0.743. The quantitative estimate of drug-likeness (QED) is 0.797. The van der Waals surface area contributed by atoms with Crippen LogP contribution < -0.4 is 10.6 Å². The molecule has 1 aromatic heterocycles. The summed E-state index contributed by atoms with van der Waals surface area (Å²) in [4.78, 5) is 7.37. The summed E-state index contributed by atoms with van der Waals surface area (Å²) < 4.78 is 64.7. The van der Waals surface area contributed by atoms with Crippen molar-refractivity contribution in [3.63, 3.8) is 0 Å². The molecule has 0 amide bonds. The maximum absolute atomic E-state index is 13.1. The Hall–Kier alpha value is -2.45. The highest BCUT2D eigenvalue weighted by atomic mass is 19.4. The standard InChI is InChI=1S/C15H15F5N4/c1-8(2)22-14-23-12(15(18,19)20)6-13(24-14)21-7-9-3-4-10(16)11(17)5-9/h3-6,8H,7H2,1-2H3,(H2,21,22,23,24). The molecule has 0 aliphatic rings. The summed E-state index contributed by atoms with van der Waals surface area (Å²) in [6, 6.07) is 3.82. The van der Waals surface area contributed by atoms with Crippen LogP contribution in [0.4, 0.5) is 33.7 Å². The Morgan fingerprint density at radius 3 is 2.33 bits per heavy atom. The lowest BCUT2D eigenvalue weighted by Gasteiger charge is -2.14. The first kappa shape index (κ1) is 17.9. The lowest BCUT2D eigenvalue weighted by atomic mass is 10.2. The molecule has 9 heteroatoms. The molecule has 0 aliphatic heterocycles. The smallest absolute Gasteiger partial charge is 0.366 e. The SMILES string of the molecule is CC(C)Nc1nc(NCc2ccc(F)c(F)c2)cc(C(F)(F)F)n1. The van der Waals surface area contributed by atoms with Crippen molar-refractivity contribution in [2.24, 2.45) is 0 Å². The van der Waals surface area contributed by atoms with Gasteiger partial charge in [0, 0.05) is 18.7 Å². The number of rotatable bonds is 5. The van der Waals surface area contributed by atoms with Crippen molar-refractivity contribution in [3.8, 4) is 0 Å². The zero-order valence-corrected chi connectivity index (χ0v) is 12.9. The first-order valence-electron chi connectivity index (χ1n) is 7.06. The molecule has 1 aromatic carbocycles. The Bertz CT molecular complexity index is 715. The van der Waals surface area contributed by atoms with Crippen LogP contribution in [-0.2, 0) is 12.7 Å². The fourth-order valence-electron chi connectivity index (χ4n) is 1.85. The Balaban J connectivity index is 2.22. The van der Waals surface area contributed by atoms with Crippen molar-refractivity contribution in [2.45, 2.75) is 32.6 Å². The topological polar surface area (TPSA) is 49.8 Å². The van der Waals surface area contributed by atoms with E-state index in [4.69, 9.17) is 0 Å². The van der Waals surface area contributed by atoms with E-state index in [-0.39, 0.29) is 24.4 Å². The molecule has 0 bridgehead atoms. The summed E-state index contributed by atoms with van der Waals surface area (Å²) >= 11 is 0. The van der Waals surface area contributed by atoms with Crippen LogP contribution >= 0.6 is 0 Å². The third-order valence-electron chi connectivity index (χ3n) is 2.89. The van der Waals surface area contributed by atoms with Crippen LogP contribution in [0.5, 0.6) is 0 Å². The van der Waals surface area contributed by atoms with Crippen molar-refractivity contribution < 1.29 is 22.0 Å². The van der Waals surface area contributed by atoms with E-state index in [0.717, 1.165) is 18.2 Å². The van der Waals surface area contributed by atoms with Gasteiger partial charge in [-0.1, -0.05) is 6.07 Å². The number of hydrogen-bond donors (Lipinski definition) is 2. The Morgan fingerprint density at radius 2 is 1.75 bits per heavy atom. The summed E-state index contributed by atoms with van der Waals surface area (Å²) in [7, 11) is 0. The second-order valence-electron chi connectivity index (χ2n) is 5.36. The number of hydrogen-bond acceptors (Lipinski definition) is 4. The van der Waals surface area contributed by atoms with Crippen LogP contribution in [0.2, 0.25) is 0 Å². The second-order valence-corrected chi connectivity index (χ2v) is 5.36. The predicted molar refractivity (Wildman–Crippen MR) is 79.5 cm³/mol. The first-order valence-corrected chi connectivity index (χ1v) is 7.06. The van der Waals surface area contributed by atoms with E-state index in [2.05, 4.69) is 20.6 Å². The predicted octanol–water partition coefficient (Wildman–Crippen LogP) is 4.21. The largest absolute Gasteiger partial charge is 0.433 e. The lowest BCUT2D eigenvalue weighted by Crippen LogP contribution is -2.17. The normalized spacial score (nSPS) is 11.7. The molecule has 1 heterocycles. The molecule has 0 unspecified atom stereocenters. The average molecular weight is 346 g/mol. The van der Waals surface area contributed by atoms with E-state index >= 15 is 0 Å². The molecule has 0 saturated carbocycles. The van der Waals surface area contributed by atoms with Crippen molar-refractivity contribution in [1.29, 1.82) is 0 Å². The third-order valence-corrected chi connectivity index (χ3v) is 2.89. The summed E-state index contributed by atoms with van der Waals surface area (Å²) in [5.74, 6) is -2.28. The van der Waals surface area contributed by atoms with Crippen LogP contribution in [-0.4, -0.2) is 16.0 Å². The highest BCUT2D eigenvalue weighted by Crippen LogP contribution is 2.29. The molecule has 24 heavy (non-hydrogen) atoms. The number of anilines is 2. The average Bonchev–Trinajstić information content (AvgIpc) is 2.47. The van der Waals surface area contributed by atoms with Gasteiger partial charge in [-0.3, -0.25) is 0 Å². The fraction of sp³-hybridized carbons (Fsp3) is 0.333. The van der Waals surface area contributed by atoms with Gasteiger partial charge in [0.2, 0.25) is 5.95 Å². The third kappa shape index (κ3) is 4.77. The summed E-state index contributed by atoms with van der Waals surface area (Å²) in [6.07, 6.45) is -4.63. The molecule has 2 aromatic rings. The molecule has 0 fully saturated rings. The maximum atomic E-state index is 13.1. The monoisotopic (exact) mass is 346 g/mol. The Kier molecular flexibility index (Phi) is 5.20. The van der Waals surface area contributed by atoms with Gasteiger partial charge in [-0.05, 0) is 31.5 Å². The van der Waals surface area contributed by atoms with Crippen LogP contribution in [0.1, 0.15) is 25.1 Å². The minimum Gasteiger partial charge on any atom is -0.366 e. The fourth-order valence-corrected chi connectivity index (χ4v) is 1.85. The molecule has 0 spiro atoms. The summed E-state index contributed by atoms with van der Waals surface area (Å²) in [6.45, 7) is 3.45. The van der Waals surface area contributed by atoms with Crippen molar-refractivity contribution in [2.75, 3.05) is 10.6 Å². The number of halogens is 5. The van der Waals surface area contributed by atoms with Gasteiger partial charge in [-0.25, -0.2) is 13.8 Å². The van der Waals surface area contributed by atoms with Crippen LogP contribution in [0.3, 0.4) is 0 Å². The van der Waals surface area contributed by atoms with Gasteiger partial charge in [-0.15, -0.1) is 0 Å². The van der Waals surface area contributed by atoms with E-state index in [1.165, 1.54) is 6.07 Å². The van der Waals surface area contributed by atoms with E-state index in [1.807, 2.05) is 0 Å². The van der Waals surface area contributed by atoms with E-state index in [9.17, 15) is 22.0 Å². The second kappa shape index (κ2) is 6.98. The zero-order chi connectivity index (χ0) is 17.9. The van der Waals surface area contributed by atoms with Gasteiger partial charge in [-0.2, -0.15) is 18.2 Å². The molecule has 2 rings (SSSR count). The van der Waals surface area contributed by atoms with Crippen LogP contribution in [0.15, 0.2) is 24.3 Å². The van der Waals surface area contributed by atoms with Gasteiger partial charge < -0.3 is 10.6 Å². The van der Waals surface area contributed by atoms with Gasteiger partial charge in [0.15, 0.2) is 17.3 Å². The summed E-state index contributed by atoms with van der Waals surface area (Å²) in [5, 5.41) is 5.35. The van der Waals surface area contributed by atoms with Crippen LogP contribution in [0, 0.1) is 11.6 Å². The molecule has 2 N–H and O–H groups in total. The highest BCUT2D eigenvalue weighted by Gasteiger charge is 2.33. The zero-order valence-electron chi connectivity index (χ0n) is 12.9. The van der Waals surface area contributed by atoms with Gasteiger partial charge in [0.1, 0.15) is 5.82 Å². The minimum atomic E-state index is -4.63.